The van der Waals surface area contributed by atoms with Gasteiger partial charge < -0.3 is 0 Å². The monoisotopic (exact) mass is 318 g/mol. The quantitative estimate of drug-likeness (QED) is 0.541. The van der Waals surface area contributed by atoms with Crippen LogP contribution in [0.1, 0.15) is 103 Å². The van der Waals surface area contributed by atoms with E-state index in [4.69, 9.17) is 5.10 Å². The fourth-order valence-corrected chi connectivity index (χ4v) is 3.86. The van der Waals surface area contributed by atoms with Crippen LogP contribution in [0.15, 0.2) is 16.8 Å². The molecule has 2 rings (SSSR count). The number of hydrogen-bond donors (Lipinski definition) is 0. The first-order valence-electron chi connectivity index (χ1n) is 10.3. The highest BCUT2D eigenvalue weighted by atomic mass is 15.4. The summed E-state index contributed by atoms with van der Waals surface area (Å²) in [7, 11) is 2.17. The van der Waals surface area contributed by atoms with Crippen molar-refractivity contribution in [3.8, 4) is 0 Å². The van der Waals surface area contributed by atoms with Crippen LogP contribution in [-0.4, -0.2) is 24.3 Å². The van der Waals surface area contributed by atoms with Gasteiger partial charge in [0.25, 0.3) is 0 Å². The summed E-state index contributed by atoms with van der Waals surface area (Å²) in [6.45, 7) is 1.12. The van der Waals surface area contributed by atoms with Crippen LogP contribution in [0.25, 0.3) is 0 Å². The Morgan fingerprint density at radius 1 is 0.696 bits per heavy atom. The van der Waals surface area contributed by atoms with E-state index in [1.54, 1.807) is 5.57 Å². The van der Waals surface area contributed by atoms with Gasteiger partial charge >= 0.3 is 0 Å². The lowest BCUT2D eigenvalue weighted by molar-refractivity contribution is 0.342. The molecule has 0 atom stereocenters. The third-order valence-electron chi connectivity index (χ3n) is 5.35. The smallest absolute Gasteiger partial charge is 0.0634 e. The van der Waals surface area contributed by atoms with Gasteiger partial charge in [0.2, 0.25) is 0 Å². The lowest BCUT2D eigenvalue weighted by Gasteiger charge is -2.17. The highest BCUT2D eigenvalue weighted by Gasteiger charge is 2.11. The SMILES string of the molecule is CN1CCCCCCCCC(/C2=C/CCCCCCCCC2)=N/1. The lowest BCUT2D eigenvalue weighted by atomic mass is 9.97. The summed E-state index contributed by atoms with van der Waals surface area (Å²) in [5, 5.41) is 7.25. The van der Waals surface area contributed by atoms with Gasteiger partial charge in [0.05, 0.1) is 5.71 Å². The summed E-state index contributed by atoms with van der Waals surface area (Å²) in [5.41, 5.74) is 2.99. The Balaban J connectivity index is 2.04. The van der Waals surface area contributed by atoms with Crippen LogP contribution >= 0.6 is 0 Å². The molecule has 0 saturated heterocycles. The zero-order valence-electron chi connectivity index (χ0n) is 15.5. The van der Waals surface area contributed by atoms with Gasteiger partial charge in [-0.3, -0.25) is 5.01 Å². The first-order valence-corrected chi connectivity index (χ1v) is 10.3. The molecule has 0 fully saturated rings. The third kappa shape index (κ3) is 8.04. The van der Waals surface area contributed by atoms with E-state index < -0.39 is 0 Å². The van der Waals surface area contributed by atoms with E-state index in [2.05, 4.69) is 18.1 Å². The number of allylic oxidation sites excluding steroid dienone is 2. The Kier molecular flexibility index (Phi) is 9.44. The van der Waals surface area contributed by atoms with Crippen molar-refractivity contribution in [3.05, 3.63) is 11.6 Å². The molecule has 1 aliphatic carbocycles. The Morgan fingerprint density at radius 2 is 1.26 bits per heavy atom. The molecule has 0 radical (unpaired) electrons. The molecule has 1 heterocycles. The van der Waals surface area contributed by atoms with Crippen LogP contribution in [0.3, 0.4) is 0 Å². The van der Waals surface area contributed by atoms with Gasteiger partial charge in [-0.2, -0.15) is 5.10 Å². The van der Waals surface area contributed by atoms with Crippen molar-refractivity contribution in [3.63, 3.8) is 0 Å². The molecular weight excluding hydrogens is 280 g/mol. The van der Waals surface area contributed by atoms with E-state index in [-0.39, 0.29) is 0 Å². The second-order valence-electron chi connectivity index (χ2n) is 7.54. The van der Waals surface area contributed by atoms with E-state index in [9.17, 15) is 0 Å². The van der Waals surface area contributed by atoms with Crippen molar-refractivity contribution >= 4 is 5.71 Å². The van der Waals surface area contributed by atoms with E-state index in [1.165, 1.54) is 108 Å². The molecule has 0 amide bonds. The molecule has 0 saturated carbocycles. The Bertz CT molecular complexity index is 370. The normalized spacial score (nSPS) is 28.5. The second-order valence-corrected chi connectivity index (χ2v) is 7.54. The van der Waals surface area contributed by atoms with Crippen LogP contribution in [0.4, 0.5) is 0 Å². The maximum Gasteiger partial charge on any atom is 0.0634 e. The van der Waals surface area contributed by atoms with Gasteiger partial charge in [0, 0.05) is 13.6 Å². The second kappa shape index (κ2) is 11.7. The highest BCUT2D eigenvalue weighted by Crippen LogP contribution is 2.21. The summed E-state index contributed by atoms with van der Waals surface area (Å²) < 4.78 is 0. The van der Waals surface area contributed by atoms with Crippen molar-refractivity contribution in [2.75, 3.05) is 13.6 Å². The first-order chi connectivity index (χ1) is 11.4. The van der Waals surface area contributed by atoms with Gasteiger partial charge in [0.15, 0.2) is 0 Å². The molecule has 1 aliphatic heterocycles. The van der Waals surface area contributed by atoms with Gasteiger partial charge in [-0.15, -0.1) is 0 Å². The van der Waals surface area contributed by atoms with Gasteiger partial charge in [-0.1, -0.05) is 63.9 Å². The van der Waals surface area contributed by atoms with Gasteiger partial charge in [0.1, 0.15) is 0 Å². The molecule has 0 spiro atoms. The maximum absolute atomic E-state index is 5.03. The average Bonchev–Trinajstić information content (AvgIpc) is 2.64. The Labute approximate surface area is 144 Å². The van der Waals surface area contributed by atoms with Crippen LogP contribution in [0.2, 0.25) is 0 Å². The molecule has 132 valence electrons. The fourth-order valence-electron chi connectivity index (χ4n) is 3.86. The number of nitrogens with zero attached hydrogens (tertiary/aromatic N) is 2. The summed E-state index contributed by atoms with van der Waals surface area (Å²) >= 11 is 0. The molecule has 0 bridgehead atoms. The lowest BCUT2D eigenvalue weighted by Crippen LogP contribution is -2.17. The predicted octanol–water partition coefficient (Wildman–Crippen LogP) is 6.47. The van der Waals surface area contributed by atoms with E-state index in [0.29, 0.717) is 0 Å². The molecule has 0 aromatic heterocycles. The van der Waals surface area contributed by atoms with E-state index >= 15 is 0 Å². The summed E-state index contributed by atoms with van der Waals surface area (Å²) in [6.07, 6.45) is 24.3. The van der Waals surface area contributed by atoms with Gasteiger partial charge in [-0.25, -0.2) is 0 Å². The van der Waals surface area contributed by atoms with E-state index in [1.807, 2.05) is 0 Å². The zero-order chi connectivity index (χ0) is 16.2. The number of rotatable bonds is 1. The van der Waals surface area contributed by atoms with Crippen LogP contribution in [0, 0.1) is 0 Å². The van der Waals surface area contributed by atoms with Crippen molar-refractivity contribution < 1.29 is 0 Å². The molecule has 2 aliphatic rings. The zero-order valence-corrected chi connectivity index (χ0v) is 15.5. The minimum Gasteiger partial charge on any atom is -0.300 e. The van der Waals surface area contributed by atoms with Gasteiger partial charge in [-0.05, 0) is 50.5 Å². The average molecular weight is 319 g/mol. The molecule has 2 nitrogen and oxygen atoms in total. The first kappa shape index (κ1) is 18.5. The standard InChI is InChI=1S/C21H38N2/c1-23-19-15-11-7-6-10-14-18-21(22-23)20-16-12-8-4-2-3-5-9-13-17-20/h16H,2-15,17-19H2,1H3/b20-16+,22-21-. The topological polar surface area (TPSA) is 15.6 Å². The van der Waals surface area contributed by atoms with Crippen molar-refractivity contribution in [2.24, 2.45) is 5.10 Å². The Hall–Kier alpha value is -0.790. The van der Waals surface area contributed by atoms with Crippen LogP contribution in [0.5, 0.6) is 0 Å². The minimum atomic E-state index is 1.12. The molecule has 0 N–H and O–H groups in total. The van der Waals surface area contributed by atoms with Crippen molar-refractivity contribution in [1.82, 2.24) is 5.01 Å². The number of hydrazone groups is 1. The third-order valence-corrected chi connectivity index (χ3v) is 5.35. The Morgan fingerprint density at radius 3 is 2.00 bits per heavy atom. The number of hydrogen-bond acceptors (Lipinski definition) is 2. The molecule has 0 unspecified atom stereocenters. The fraction of sp³-hybridized carbons (Fsp3) is 0.857. The molecule has 0 aromatic carbocycles. The van der Waals surface area contributed by atoms with Crippen LogP contribution < -0.4 is 0 Å². The molecule has 2 heteroatoms. The van der Waals surface area contributed by atoms with Crippen molar-refractivity contribution in [1.29, 1.82) is 0 Å². The van der Waals surface area contributed by atoms with E-state index in [0.717, 1.165) is 6.54 Å². The molecule has 0 aromatic rings. The summed E-state index contributed by atoms with van der Waals surface area (Å²) in [6, 6.07) is 0. The molecular formula is C21H38N2. The largest absolute Gasteiger partial charge is 0.300 e. The maximum atomic E-state index is 5.03. The minimum absolute atomic E-state index is 1.12. The van der Waals surface area contributed by atoms with Crippen molar-refractivity contribution in [2.45, 2.75) is 103 Å². The molecule has 23 heavy (non-hydrogen) atoms. The summed E-state index contributed by atoms with van der Waals surface area (Å²) in [5.74, 6) is 0. The predicted molar refractivity (Wildman–Crippen MR) is 102 cm³/mol. The highest BCUT2D eigenvalue weighted by molar-refractivity contribution is 5.99. The van der Waals surface area contributed by atoms with Crippen LogP contribution in [-0.2, 0) is 0 Å². The summed E-state index contributed by atoms with van der Waals surface area (Å²) in [4.78, 5) is 0.